The van der Waals surface area contributed by atoms with Crippen molar-refractivity contribution in [3.8, 4) is 11.8 Å². The fourth-order valence-electron chi connectivity index (χ4n) is 5.67. The van der Waals surface area contributed by atoms with Gasteiger partial charge in [-0.15, -0.1) is 0 Å². The molecule has 0 unspecified atom stereocenters. The minimum atomic E-state index is 0.629. The third-order valence-corrected chi connectivity index (χ3v) is 7.89. The van der Waals surface area contributed by atoms with Crippen LogP contribution in [0.4, 0.5) is 11.4 Å². The summed E-state index contributed by atoms with van der Waals surface area (Å²) in [5.41, 5.74) is 13.2. The highest BCUT2D eigenvalue weighted by Gasteiger charge is 2.31. The van der Waals surface area contributed by atoms with E-state index >= 15 is 0 Å². The molecule has 2 N–H and O–H groups in total. The molecular formula is C37H39N5. The lowest BCUT2D eigenvalue weighted by atomic mass is 9.92. The molecule has 5 rings (SSSR count). The van der Waals surface area contributed by atoms with Crippen molar-refractivity contribution in [2.24, 2.45) is 4.99 Å². The Morgan fingerprint density at radius 1 is 1.07 bits per heavy atom. The standard InChI is InChI=1S/C37H39N5/c1-7-13-26(4)41-21-20-30-22-34(28(6)42(37(30)24-41)32-14-11-10-12-15-32)36(9-3)40-31-18-16-29(17-19-31)33(8-2)35-23-38-25-39-27(35)5/h8-12,14-19,22-23,39-40H,4,6,20-21,24-25H2,1-3,5H3/b33-8-,36-9-. The van der Waals surface area contributed by atoms with E-state index in [1.807, 2.05) is 19.2 Å². The van der Waals surface area contributed by atoms with Crippen molar-refractivity contribution in [3.05, 3.63) is 137 Å². The third-order valence-electron chi connectivity index (χ3n) is 7.89. The zero-order valence-electron chi connectivity index (χ0n) is 25.1. The van der Waals surface area contributed by atoms with E-state index in [-0.39, 0.29) is 0 Å². The van der Waals surface area contributed by atoms with E-state index in [4.69, 9.17) is 0 Å². The minimum Gasteiger partial charge on any atom is -0.369 e. The van der Waals surface area contributed by atoms with Crippen molar-refractivity contribution < 1.29 is 0 Å². The molecule has 3 aliphatic heterocycles. The first-order valence-electron chi connectivity index (χ1n) is 14.4. The van der Waals surface area contributed by atoms with Gasteiger partial charge < -0.3 is 20.4 Å². The van der Waals surface area contributed by atoms with Crippen LogP contribution >= 0.6 is 0 Å². The van der Waals surface area contributed by atoms with Gasteiger partial charge in [-0.3, -0.25) is 4.99 Å². The van der Waals surface area contributed by atoms with Crippen LogP contribution in [0.2, 0.25) is 0 Å². The van der Waals surface area contributed by atoms with Gasteiger partial charge >= 0.3 is 0 Å². The van der Waals surface area contributed by atoms with Crippen LogP contribution in [0.5, 0.6) is 0 Å². The Hall–Kier alpha value is -4.95. The van der Waals surface area contributed by atoms with Crippen molar-refractivity contribution in [2.75, 3.05) is 30.0 Å². The van der Waals surface area contributed by atoms with E-state index in [1.54, 1.807) is 0 Å². The fourth-order valence-corrected chi connectivity index (χ4v) is 5.67. The fraction of sp³-hybridized carbons (Fsp3) is 0.216. The number of rotatable bonds is 7. The molecule has 212 valence electrons. The normalized spacial score (nSPS) is 17.3. The Bertz CT molecular complexity index is 1630. The summed E-state index contributed by atoms with van der Waals surface area (Å²) in [4.78, 5) is 8.98. The summed E-state index contributed by atoms with van der Waals surface area (Å²) in [7, 11) is 0. The number of allylic oxidation sites excluding steroid dienone is 7. The molecule has 0 bridgehead atoms. The SMILES string of the molecule is C=C(C#CC)N1CCC2=C(C1)N(c1ccccc1)C(=C)C(/C(=C/C)Nc1ccc(/C(=C/C)C3=C(C)NCN=C3)cc1)=C2. The van der Waals surface area contributed by atoms with Crippen LogP contribution in [0.25, 0.3) is 5.57 Å². The first-order valence-corrected chi connectivity index (χ1v) is 14.4. The summed E-state index contributed by atoms with van der Waals surface area (Å²) >= 11 is 0. The van der Waals surface area contributed by atoms with Crippen molar-refractivity contribution in [1.29, 1.82) is 0 Å². The number of nitrogens with one attached hydrogen (secondary N) is 2. The second-order valence-corrected chi connectivity index (χ2v) is 10.4. The van der Waals surface area contributed by atoms with Gasteiger partial charge in [0.25, 0.3) is 0 Å². The van der Waals surface area contributed by atoms with E-state index in [0.717, 1.165) is 70.4 Å². The topological polar surface area (TPSA) is 42.9 Å². The molecule has 42 heavy (non-hydrogen) atoms. The predicted molar refractivity (Wildman–Crippen MR) is 179 cm³/mol. The summed E-state index contributed by atoms with van der Waals surface area (Å²) < 4.78 is 0. The van der Waals surface area contributed by atoms with Gasteiger partial charge in [-0.1, -0.05) is 67.5 Å². The maximum absolute atomic E-state index is 4.61. The maximum atomic E-state index is 4.61. The summed E-state index contributed by atoms with van der Waals surface area (Å²) in [5, 5.41) is 7.02. The van der Waals surface area contributed by atoms with E-state index in [9.17, 15) is 0 Å². The predicted octanol–water partition coefficient (Wildman–Crippen LogP) is 7.77. The largest absolute Gasteiger partial charge is 0.369 e. The van der Waals surface area contributed by atoms with Gasteiger partial charge in [-0.05, 0) is 81.2 Å². The van der Waals surface area contributed by atoms with Crippen LogP contribution in [-0.2, 0) is 0 Å². The third kappa shape index (κ3) is 5.75. The van der Waals surface area contributed by atoms with Gasteiger partial charge in [-0.2, -0.15) is 0 Å². The summed E-state index contributed by atoms with van der Waals surface area (Å²) in [5.74, 6) is 6.14. The van der Waals surface area contributed by atoms with E-state index < -0.39 is 0 Å². The lowest BCUT2D eigenvalue weighted by molar-refractivity contribution is 0.370. The highest BCUT2D eigenvalue weighted by molar-refractivity contribution is 6.02. The number of hydrogen-bond acceptors (Lipinski definition) is 5. The van der Waals surface area contributed by atoms with Crippen molar-refractivity contribution >= 4 is 23.2 Å². The average molecular weight is 554 g/mol. The smallest absolute Gasteiger partial charge is 0.107 e. The van der Waals surface area contributed by atoms with Gasteiger partial charge in [0.15, 0.2) is 0 Å². The van der Waals surface area contributed by atoms with E-state index in [2.05, 4.69) is 138 Å². The monoisotopic (exact) mass is 553 g/mol. The summed E-state index contributed by atoms with van der Waals surface area (Å²) in [6.07, 6.45) is 9.45. The highest BCUT2D eigenvalue weighted by Crippen LogP contribution is 2.40. The second-order valence-electron chi connectivity index (χ2n) is 10.4. The lowest BCUT2D eigenvalue weighted by Gasteiger charge is -2.42. The molecule has 0 atom stereocenters. The second kappa shape index (κ2) is 12.7. The summed E-state index contributed by atoms with van der Waals surface area (Å²) in [6.45, 7) is 19.2. The maximum Gasteiger partial charge on any atom is 0.107 e. The molecule has 0 saturated heterocycles. The molecule has 2 aromatic carbocycles. The Morgan fingerprint density at radius 3 is 2.50 bits per heavy atom. The number of benzene rings is 2. The molecule has 0 aromatic heterocycles. The number of nitrogens with zero attached hydrogens (tertiary/aromatic N) is 3. The molecule has 3 aliphatic rings. The molecule has 0 aliphatic carbocycles. The molecule has 0 saturated carbocycles. The molecular weight excluding hydrogens is 514 g/mol. The van der Waals surface area contributed by atoms with Crippen LogP contribution in [0.1, 0.15) is 39.7 Å². The molecule has 0 fully saturated rings. The van der Waals surface area contributed by atoms with Crippen LogP contribution in [0.15, 0.2) is 136 Å². The number of hydrogen-bond donors (Lipinski definition) is 2. The Morgan fingerprint density at radius 2 is 1.83 bits per heavy atom. The van der Waals surface area contributed by atoms with Gasteiger partial charge in [0.2, 0.25) is 0 Å². The van der Waals surface area contributed by atoms with Gasteiger partial charge in [-0.25, -0.2) is 0 Å². The van der Waals surface area contributed by atoms with Gasteiger partial charge in [0, 0.05) is 58.1 Å². The summed E-state index contributed by atoms with van der Waals surface area (Å²) in [6, 6.07) is 19.1. The number of aliphatic imine (C=N–C) groups is 1. The quantitative estimate of drug-likeness (QED) is 0.344. The van der Waals surface area contributed by atoms with E-state index in [0.29, 0.717) is 6.67 Å². The molecule has 3 heterocycles. The molecule has 5 heteroatoms. The van der Waals surface area contributed by atoms with Crippen LogP contribution in [0.3, 0.4) is 0 Å². The van der Waals surface area contributed by atoms with E-state index in [1.165, 1.54) is 16.8 Å². The van der Waals surface area contributed by atoms with Gasteiger partial charge in [0.05, 0.1) is 12.2 Å². The van der Waals surface area contributed by atoms with Crippen molar-refractivity contribution in [1.82, 2.24) is 10.2 Å². The molecule has 0 spiro atoms. The first kappa shape index (κ1) is 28.6. The van der Waals surface area contributed by atoms with Crippen LogP contribution in [0, 0.1) is 11.8 Å². The van der Waals surface area contributed by atoms with Crippen molar-refractivity contribution in [3.63, 3.8) is 0 Å². The minimum absolute atomic E-state index is 0.629. The van der Waals surface area contributed by atoms with Crippen molar-refractivity contribution in [2.45, 2.75) is 34.1 Å². The van der Waals surface area contributed by atoms with Gasteiger partial charge in [0.1, 0.15) is 6.67 Å². The zero-order chi connectivity index (χ0) is 29.6. The Balaban J connectivity index is 1.44. The molecule has 0 radical (unpaired) electrons. The van der Waals surface area contributed by atoms with Crippen LogP contribution in [-0.4, -0.2) is 30.9 Å². The first-order chi connectivity index (χ1) is 20.4. The average Bonchev–Trinajstić information content (AvgIpc) is 3.02. The molecule has 2 aromatic rings. The Kier molecular flexibility index (Phi) is 8.64. The molecule has 0 amide bonds. The Labute approximate surface area is 250 Å². The highest BCUT2D eigenvalue weighted by atomic mass is 15.2. The lowest BCUT2D eigenvalue weighted by Crippen LogP contribution is -2.39. The number of anilines is 2. The number of para-hydroxylation sites is 1. The van der Waals surface area contributed by atoms with Crippen LogP contribution < -0.4 is 15.5 Å². The zero-order valence-corrected chi connectivity index (χ0v) is 25.1. The molecule has 5 nitrogen and oxygen atoms in total.